The van der Waals surface area contributed by atoms with E-state index in [1.54, 1.807) is 12.1 Å². The first-order chi connectivity index (χ1) is 20.9. The number of ketones is 2. The molecule has 0 saturated heterocycles. The lowest BCUT2D eigenvalue weighted by molar-refractivity contribution is 0.0980. The van der Waals surface area contributed by atoms with E-state index in [1.807, 2.05) is 0 Å². The summed E-state index contributed by atoms with van der Waals surface area (Å²) < 4.78 is 70.7. The van der Waals surface area contributed by atoms with Crippen LogP contribution in [0, 0.1) is 0 Å². The van der Waals surface area contributed by atoms with Gasteiger partial charge in [0.15, 0.2) is 11.6 Å². The molecule has 3 aromatic rings. The van der Waals surface area contributed by atoms with Crippen LogP contribution < -0.4 is 10.0 Å². The molecule has 4 rings (SSSR count). The number of carbonyl (C=O) groups is 2. The maximum absolute atomic E-state index is 13.7. The lowest BCUT2D eigenvalue weighted by Gasteiger charge is -2.28. The van der Waals surface area contributed by atoms with Crippen molar-refractivity contribution in [1.29, 1.82) is 0 Å². The molecular weight excluding hydrogens is 604 g/mol. The van der Waals surface area contributed by atoms with Gasteiger partial charge in [-0.3, -0.25) is 18.7 Å². The van der Waals surface area contributed by atoms with E-state index in [4.69, 9.17) is 5.73 Å². The molecule has 12 heteroatoms. The van der Waals surface area contributed by atoms with Crippen LogP contribution >= 0.6 is 0 Å². The van der Waals surface area contributed by atoms with Gasteiger partial charge in [0.2, 0.25) is 0 Å². The van der Waals surface area contributed by atoms with Crippen molar-refractivity contribution in [2.45, 2.75) is 82.4 Å². The van der Waals surface area contributed by atoms with Crippen LogP contribution in [0.15, 0.2) is 59.5 Å². The van der Waals surface area contributed by atoms with E-state index < -0.39 is 59.4 Å². The van der Waals surface area contributed by atoms with Crippen LogP contribution in [-0.2, 0) is 26.8 Å². The highest BCUT2D eigenvalue weighted by molar-refractivity contribution is 7.87. The molecule has 0 spiro atoms. The van der Waals surface area contributed by atoms with Gasteiger partial charge in [-0.05, 0) is 36.6 Å². The normalized spacial score (nSPS) is 13.1. The highest BCUT2D eigenvalue weighted by Crippen LogP contribution is 2.43. The third-order valence-electron chi connectivity index (χ3n) is 7.90. The predicted molar refractivity (Wildman–Crippen MR) is 170 cm³/mol. The monoisotopic (exact) mass is 642 g/mol. The fourth-order valence-corrected chi connectivity index (χ4v) is 7.08. The molecule has 236 valence electrons. The summed E-state index contributed by atoms with van der Waals surface area (Å²) >= 11 is 0. The van der Waals surface area contributed by atoms with E-state index in [1.165, 1.54) is 81.3 Å². The van der Waals surface area contributed by atoms with Crippen LogP contribution in [0.5, 0.6) is 0 Å². The van der Waals surface area contributed by atoms with E-state index in [0.29, 0.717) is 10.4 Å². The van der Waals surface area contributed by atoms with Crippen LogP contribution in [0.4, 0.5) is 17.1 Å². The molecule has 3 aromatic carbocycles. The molecule has 1 aliphatic rings. The summed E-state index contributed by atoms with van der Waals surface area (Å²) in [7, 11) is -10.3. The summed E-state index contributed by atoms with van der Waals surface area (Å²) in [5.74, 6) is -1.63. The maximum atomic E-state index is 13.7. The number of anilines is 3. The Kier molecular flexibility index (Phi) is 10.6. The summed E-state index contributed by atoms with van der Waals surface area (Å²) in [6.07, 6.45) is 12.7. The smallest absolute Gasteiger partial charge is 0.364 e. The minimum Gasteiger partial charge on any atom is -0.397 e. The van der Waals surface area contributed by atoms with Crippen molar-refractivity contribution < 1.29 is 35.5 Å². The summed E-state index contributed by atoms with van der Waals surface area (Å²) in [4.78, 5) is 26.1. The van der Waals surface area contributed by atoms with Gasteiger partial charge in [-0.15, -0.1) is 0 Å². The van der Waals surface area contributed by atoms with Crippen molar-refractivity contribution in [3.63, 3.8) is 0 Å². The number of hydrogen-bond acceptors (Lipinski definition) is 7. The third-order valence-corrected chi connectivity index (χ3v) is 9.66. The van der Waals surface area contributed by atoms with E-state index in [2.05, 4.69) is 6.92 Å². The fourth-order valence-electron chi connectivity index (χ4n) is 5.66. The second-order valence-corrected chi connectivity index (χ2v) is 13.7. The van der Waals surface area contributed by atoms with E-state index in [0.717, 1.165) is 31.2 Å². The van der Waals surface area contributed by atoms with Gasteiger partial charge in [0, 0.05) is 11.1 Å². The van der Waals surface area contributed by atoms with Gasteiger partial charge in [-0.25, -0.2) is 4.31 Å². The molecular formula is C32H38N2O8S2. The van der Waals surface area contributed by atoms with Gasteiger partial charge in [0.25, 0.3) is 10.1 Å². The van der Waals surface area contributed by atoms with Crippen LogP contribution in [0.1, 0.15) is 109 Å². The molecule has 4 N–H and O–H groups in total. The molecule has 0 saturated carbocycles. The van der Waals surface area contributed by atoms with Crippen LogP contribution in [-0.4, -0.2) is 37.5 Å². The summed E-state index contributed by atoms with van der Waals surface area (Å²) in [6, 6.07) is 12.6. The number of carbonyl (C=O) groups excluding carboxylic acids is 2. The molecule has 0 atom stereocenters. The van der Waals surface area contributed by atoms with Gasteiger partial charge in [0.05, 0.1) is 28.2 Å². The van der Waals surface area contributed by atoms with Crippen molar-refractivity contribution in [3.8, 4) is 0 Å². The first-order valence-corrected chi connectivity index (χ1v) is 17.7. The van der Waals surface area contributed by atoms with Gasteiger partial charge in [-0.1, -0.05) is 101 Å². The first kappa shape index (κ1) is 33.3. The maximum Gasteiger partial charge on any atom is 0.364 e. The number of fused-ring (bicyclic) bond motifs is 2. The van der Waals surface area contributed by atoms with E-state index in [9.17, 15) is 35.5 Å². The highest BCUT2D eigenvalue weighted by Gasteiger charge is 2.39. The quantitative estimate of drug-likeness (QED) is 0.0725. The number of unbranched alkanes of at least 4 members (excludes halogenated alkanes) is 9. The Morgan fingerprint density at radius 2 is 1.20 bits per heavy atom. The molecule has 0 bridgehead atoms. The number of aryl methyl sites for hydroxylation is 1. The largest absolute Gasteiger partial charge is 0.397 e. The molecule has 44 heavy (non-hydrogen) atoms. The topological polar surface area (TPSA) is 172 Å². The van der Waals surface area contributed by atoms with Crippen molar-refractivity contribution >= 4 is 49.1 Å². The van der Waals surface area contributed by atoms with E-state index in [-0.39, 0.29) is 16.8 Å². The van der Waals surface area contributed by atoms with Crippen LogP contribution in [0.2, 0.25) is 0 Å². The average Bonchev–Trinajstić information content (AvgIpc) is 2.97. The van der Waals surface area contributed by atoms with Crippen molar-refractivity contribution in [1.82, 2.24) is 0 Å². The fraction of sp³-hybridized carbons (Fsp3) is 0.375. The Bertz CT molecular complexity index is 1750. The lowest BCUT2D eigenvalue weighted by atomic mass is 9.82. The van der Waals surface area contributed by atoms with Crippen LogP contribution in [0.3, 0.4) is 0 Å². The molecule has 0 aliphatic heterocycles. The predicted octanol–water partition coefficient (Wildman–Crippen LogP) is 6.70. The van der Waals surface area contributed by atoms with Crippen molar-refractivity contribution in [2.75, 3.05) is 10.0 Å². The number of hydrogen-bond donors (Lipinski definition) is 3. The Morgan fingerprint density at radius 3 is 1.70 bits per heavy atom. The Labute approximate surface area is 258 Å². The molecule has 0 aromatic heterocycles. The van der Waals surface area contributed by atoms with Crippen molar-refractivity contribution in [2.24, 2.45) is 0 Å². The Balaban J connectivity index is 1.62. The minimum atomic E-state index is -5.20. The third kappa shape index (κ3) is 7.37. The molecule has 10 nitrogen and oxygen atoms in total. The summed E-state index contributed by atoms with van der Waals surface area (Å²) in [5, 5.41) is 0. The lowest BCUT2D eigenvalue weighted by Crippen LogP contribution is -2.31. The zero-order valence-corrected chi connectivity index (χ0v) is 26.3. The standard InChI is InChI=1S/C32H38N2O8S2/c1-2-3-4-5-6-7-8-9-10-11-14-22-17-19-23(20-18-22)34(44(40,41)42)26-21-27(43(37,38)39)30(33)29-28(26)31(35)24-15-12-13-16-25(24)32(29)36/h12-13,15-21H,2-11,14,33H2,1H3,(H,37,38,39)(H,40,41,42). The number of nitrogens with two attached hydrogens (primary N) is 1. The second kappa shape index (κ2) is 14.0. The molecule has 1 aliphatic carbocycles. The Hall–Kier alpha value is -3.58. The molecule has 0 radical (unpaired) electrons. The van der Waals surface area contributed by atoms with Gasteiger partial charge < -0.3 is 5.73 Å². The SMILES string of the molecule is CCCCCCCCCCCCc1ccc(N(c2cc(S(=O)(=O)O)c(N)c3c2C(=O)c2ccccc2C3=O)S(=O)(=O)O)cc1. The van der Waals surface area contributed by atoms with Gasteiger partial charge >= 0.3 is 10.3 Å². The molecule has 0 heterocycles. The zero-order chi connectivity index (χ0) is 32.1. The van der Waals surface area contributed by atoms with Crippen molar-refractivity contribution in [3.05, 3.63) is 82.4 Å². The molecule has 0 fully saturated rings. The second-order valence-electron chi connectivity index (χ2n) is 11.1. The van der Waals surface area contributed by atoms with Crippen LogP contribution in [0.25, 0.3) is 0 Å². The minimum absolute atomic E-state index is 0.0487. The zero-order valence-electron chi connectivity index (χ0n) is 24.7. The van der Waals surface area contributed by atoms with E-state index >= 15 is 0 Å². The number of benzene rings is 3. The molecule has 0 unspecified atom stereocenters. The first-order valence-electron chi connectivity index (χ1n) is 14.8. The van der Waals surface area contributed by atoms with Gasteiger partial charge in [0.1, 0.15) is 4.90 Å². The molecule has 0 amide bonds. The number of nitrogens with zero attached hydrogens (tertiary/aromatic N) is 1. The average molecular weight is 643 g/mol. The summed E-state index contributed by atoms with van der Waals surface area (Å²) in [6.45, 7) is 2.21. The highest BCUT2D eigenvalue weighted by atomic mass is 32.2. The Morgan fingerprint density at radius 1 is 0.705 bits per heavy atom. The number of nitrogen functional groups attached to an aromatic ring is 1. The van der Waals surface area contributed by atoms with Gasteiger partial charge in [-0.2, -0.15) is 16.8 Å². The number of rotatable bonds is 15. The summed E-state index contributed by atoms with van der Waals surface area (Å²) in [5.41, 5.74) is 4.26.